The van der Waals surface area contributed by atoms with Crippen molar-refractivity contribution < 1.29 is 13.6 Å². The summed E-state index contributed by atoms with van der Waals surface area (Å²) in [7, 11) is 0. The van der Waals surface area contributed by atoms with Gasteiger partial charge in [-0.25, -0.2) is 8.78 Å². The minimum absolute atomic E-state index is 0.163. The molecule has 5 heteroatoms. The van der Waals surface area contributed by atoms with Crippen molar-refractivity contribution in [3.05, 3.63) is 65.2 Å². The average molecular weight is 328 g/mol. The molecule has 0 aromatic heterocycles. The minimum atomic E-state index is -1.05. The highest BCUT2D eigenvalue weighted by molar-refractivity contribution is 6.02. The molecule has 24 heavy (non-hydrogen) atoms. The molecule has 2 aromatic carbocycles. The van der Waals surface area contributed by atoms with Gasteiger partial charge in [0.1, 0.15) is 0 Å². The fraction of sp³-hybridized carbons (Fsp3) is 0.211. The third-order valence-corrected chi connectivity index (χ3v) is 3.87. The van der Waals surface area contributed by atoms with Gasteiger partial charge in [0, 0.05) is 23.4 Å². The van der Waals surface area contributed by atoms with Gasteiger partial charge in [-0.1, -0.05) is 30.3 Å². The van der Waals surface area contributed by atoms with Crippen molar-refractivity contribution in [2.45, 2.75) is 25.8 Å². The highest BCUT2D eigenvalue weighted by Gasteiger charge is 2.24. The lowest BCUT2D eigenvalue weighted by Gasteiger charge is -2.13. The minimum Gasteiger partial charge on any atom is -0.382 e. The van der Waals surface area contributed by atoms with Crippen LogP contribution in [-0.2, 0) is 4.79 Å². The highest BCUT2D eigenvalue weighted by atomic mass is 19.2. The van der Waals surface area contributed by atoms with E-state index in [9.17, 15) is 13.6 Å². The van der Waals surface area contributed by atoms with Gasteiger partial charge in [-0.15, -0.1) is 0 Å². The van der Waals surface area contributed by atoms with Gasteiger partial charge in [0.05, 0.1) is 5.69 Å². The number of halogens is 2. The first kappa shape index (κ1) is 16.2. The standard InChI is InChI=1S/C19H18F2N2O/c1-12-15(22-14-8-9-14)11-16(19(21)18(12)20)23-17(24)10-7-13-5-3-2-4-6-13/h2-7,10-11,14,22H,8-9H2,1H3,(H,23,24). The maximum Gasteiger partial charge on any atom is 0.248 e. The molecule has 0 unspecified atom stereocenters. The van der Waals surface area contributed by atoms with Gasteiger partial charge in [0.2, 0.25) is 5.91 Å². The molecule has 3 nitrogen and oxygen atoms in total. The smallest absolute Gasteiger partial charge is 0.248 e. The Morgan fingerprint density at radius 2 is 1.83 bits per heavy atom. The van der Waals surface area contributed by atoms with Crippen LogP contribution < -0.4 is 10.6 Å². The van der Waals surface area contributed by atoms with Crippen LogP contribution in [-0.4, -0.2) is 11.9 Å². The zero-order valence-electron chi connectivity index (χ0n) is 13.3. The molecule has 1 aliphatic rings. The second kappa shape index (κ2) is 6.83. The highest BCUT2D eigenvalue weighted by Crippen LogP contribution is 2.32. The lowest BCUT2D eigenvalue weighted by molar-refractivity contribution is -0.111. The maximum absolute atomic E-state index is 14.1. The molecular formula is C19H18F2N2O. The fourth-order valence-electron chi connectivity index (χ4n) is 2.32. The number of amides is 1. The molecule has 0 heterocycles. The molecule has 1 fully saturated rings. The van der Waals surface area contributed by atoms with Crippen molar-refractivity contribution in [2.75, 3.05) is 10.6 Å². The van der Waals surface area contributed by atoms with Gasteiger partial charge in [-0.3, -0.25) is 4.79 Å². The predicted octanol–water partition coefficient (Wildman–Crippen LogP) is 4.50. The number of carbonyl (C=O) groups is 1. The number of nitrogens with one attached hydrogen (secondary N) is 2. The second-order valence-corrected chi connectivity index (χ2v) is 5.88. The van der Waals surface area contributed by atoms with E-state index in [-0.39, 0.29) is 11.3 Å². The second-order valence-electron chi connectivity index (χ2n) is 5.88. The summed E-state index contributed by atoms with van der Waals surface area (Å²) in [6.45, 7) is 1.52. The van der Waals surface area contributed by atoms with E-state index < -0.39 is 17.5 Å². The Kier molecular flexibility index (Phi) is 4.60. The first-order chi connectivity index (χ1) is 11.5. The van der Waals surface area contributed by atoms with Crippen LogP contribution in [0.25, 0.3) is 6.08 Å². The molecular weight excluding hydrogens is 310 g/mol. The van der Waals surface area contributed by atoms with E-state index in [1.807, 2.05) is 30.3 Å². The van der Waals surface area contributed by atoms with E-state index in [0.717, 1.165) is 18.4 Å². The van der Waals surface area contributed by atoms with Gasteiger partial charge < -0.3 is 10.6 Å². The zero-order chi connectivity index (χ0) is 17.1. The van der Waals surface area contributed by atoms with Gasteiger partial charge >= 0.3 is 0 Å². The summed E-state index contributed by atoms with van der Waals surface area (Å²) in [6.07, 6.45) is 4.93. The molecule has 0 saturated heterocycles. The molecule has 2 aromatic rings. The van der Waals surface area contributed by atoms with E-state index >= 15 is 0 Å². The van der Waals surface area contributed by atoms with Crippen LogP contribution in [0.15, 0.2) is 42.5 Å². The predicted molar refractivity (Wildman–Crippen MR) is 91.8 cm³/mol. The van der Waals surface area contributed by atoms with Crippen LogP contribution >= 0.6 is 0 Å². The Bertz CT molecular complexity index is 784. The summed E-state index contributed by atoms with van der Waals surface area (Å²) in [6, 6.07) is 11.0. The Morgan fingerprint density at radius 3 is 2.50 bits per heavy atom. The Hall–Kier alpha value is -2.69. The first-order valence-electron chi connectivity index (χ1n) is 7.84. The number of anilines is 2. The van der Waals surface area contributed by atoms with Crippen molar-refractivity contribution in [3.63, 3.8) is 0 Å². The van der Waals surface area contributed by atoms with E-state index in [2.05, 4.69) is 10.6 Å². The summed E-state index contributed by atoms with van der Waals surface area (Å²) < 4.78 is 28.1. The fourth-order valence-corrected chi connectivity index (χ4v) is 2.32. The lowest BCUT2D eigenvalue weighted by atomic mass is 10.1. The number of benzene rings is 2. The maximum atomic E-state index is 14.1. The van der Waals surface area contributed by atoms with Gasteiger partial charge in [-0.2, -0.15) is 0 Å². The molecule has 0 bridgehead atoms. The molecule has 3 rings (SSSR count). The molecule has 0 atom stereocenters. The summed E-state index contributed by atoms with van der Waals surface area (Å²) in [5.74, 6) is -2.50. The summed E-state index contributed by atoms with van der Waals surface area (Å²) in [5.41, 5.74) is 1.42. The van der Waals surface area contributed by atoms with Crippen molar-refractivity contribution >= 4 is 23.4 Å². The average Bonchev–Trinajstić information content (AvgIpc) is 3.40. The van der Waals surface area contributed by atoms with Gasteiger partial charge in [0.25, 0.3) is 0 Å². The van der Waals surface area contributed by atoms with Crippen LogP contribution in [0.2, 0.25) is 0 Å². The Morgan fingerprint density at radius 1 is 1.12 bits per heavy atom. The molecule has 2 N–H and O–H groups in total. The number of hydrogen-bond acceptors (Lipinski definition) is 2. The topological polar surface area (TPSA) is 41.1 Å². The largest absolute Gasteiger partial charge is 0.382 e. The van der Waals surface area contributed by atoms with E-state index in [0.29, 0.717) is 11.7 Å². The first-order valence-corrected chi connectivity index (χ1v) is 7.84. The molecule has 124 valence electrons. The van der Waals surface area contributed by atoms with Crippen molar-refractivity contribution in [2.24, 2.45) is 0 Å². The summed E-state index contributed by atoms with van der Waals surface area (Å²) in [4.78, 5) is 12.0. The molecule has 1 amide bonds. The third-order valence-electron chi connectivity index (χ3n) is 3.87. The molecule has 0 spiro atoms. The van der Waals surface area contributed by atoms with E-state index in [1.165, 1.54) is 19.1 Å². The monoisotopic (exact) mass is 328 g/mol. The number of hydrogen-bond donors (Lipinski definition) is 2. The Balaban J connectivity index is 1.77. The van der Waals surface area contributed by atoms with Gasteiger partial charge in [0.15, 0.2) is 11.6 Å². The normalized spacial score (nSPS) is 14.0. The zero-order valence-corrected chi connectivity index (χ0v) is 13.3. The molecule has 1 saturated carbocycles. The lowest BCUT2D eigenvalue weighted by Crippen LogP contribution is -2.12. The van der Waals surface area contributed by atoms with Crippen LogP contribution in [0.1, 0.15) is 24.0 Å². The third kappa shape index (κ3) is 3.79. The molecule has 1 aliphatic carbocycles. The van der Waals surface area contributed by atoms with Crippen LogP contribution in [0.4, 0.5) is 20.2 Å². The van der Waals surface area contributed by atoms with Crippen LogP contribution in [0.3, 0.4) is 0 Å². The Labute approximate surface area is 139 Å². The summed E-state index contributed by atoms with van der Waals surface area (Å²) >= 11 is 0. The van der Waals surface area contributed by atoms with Crippen LogP contribution in [0.5, 0.6) is 0 Å². The van der Waals surface area contributed by atoms with E-state index in [1.54, 1.807) is 6.08 Å². The van der Waals surface area contributed by atoms with Gasteiger partial charge in [-0.05, 0) is 37.5 Å². The van der Waals surface area contributed by atoms with Crippen molar-refractivity contribution in [1.82, 2.24) is 0 Å². The quantitative estimate of drug-likeness (QED) is 0.794. The van der Waals surface area contributed by atoms with Crippen molar-refractivity contribution in [1.29, 1.82) is 0 Å². The van der Waals surface area contributed by atoms with Crippen LogP contribution in [0, 0.1) is 18.6 Å². The van der Waals surface area contributed by atoms with Crippen molar-refractivity contribution in [3.8, 4) is 0 Å². The number of rotatable bonds is 5. The molecule has 0 aliphatic heterocycles. The summed E-state index contributed by atoms with van der Waals surface area (Å²) in [5, 5.41) is 5.55. The number of carbonyl (C=O) groups excluding carboxylic acids is 1. The SMILES string of the molecule is Cc1c(NC2CC2)cc(NC(=O)C=Cc2ccccc2)c(F)c1F. The molecule has 0 radical (unpaired) electrons. The van der Waals surface area contributed by atoms with E-state index in [4.69, 9.17) is 0 Å².